The molecule has 0 atom stereocenters. The molecule has 2 heteroatoms. The number of primary amides is 1. The van der Waals surface area contributed by atoms with E-state index in [0.717, 1.165) is 12.3 Å². The average molecular weight is 189 g/mol. The molecule has 0 radical (unpaired) electrons. The van der Waals surface area contributed by atoms with Gasteiger partial charge in [0.15, 0.2) is 0 Å². The molecule has 1 amide bonds. The second-order valence-electron chi connectivity index (χ2n) is 4.07. The van der Waals surface area contributed by atoms with E-state index in [1.165, 1.54) is 24.8 Å². The molecule has 1 saturated carbocycles. The average Bonchev–Trinajstić information content (AvgIpc) is 2.12. The maximum Gasteiger partial charge on any atom is 0.248 e. The lowest BCUT2D eigenvalue weighted by Crippen LogP contribution is -2.15. The largest absolute Gasteiger partial charge is 0.366 e. The van der Waals surface area contributed by atoms with Crippen molar-refractivity contribution < 1.29 is 4.79 Å². The zero-order chi connectivity index (χ0) is 9.97. The van der Waals surface area contributed by atoms with Crippen molar-refractivity contribution >= 4 is 5.91 Å². The molecule has 2 rings (SSSR count). The summed E-state index contributed by atoms with van der Waals surface area (Å²) in [5.74, 6) is 0.499. The van der Waals surface area contributed by atoms with Gasteiger partial charge >= 0.3 is 0 Å². The zero-order valence-corrected chi connectivity index (χ0v) is 8.20. The van der Waals surface area contributed by atoms with E-state index in [1.54, 1.807) is 6.07 Å². The van der Waals surface area contributed by atoms with Crippen molar-refractivity contribution in [3.8, 4) is 0 Å². The van der Waals surface area contributed by atoms with Crippen LogP contribution >= 0.6 is 0 Å². The summed E-state index contributed by atoms with van der Waals surface area (Å²) in [6.07, 6.45) is 5.13. The summed E-state index contributed by atoms with van der Waals surface area (Å²) in [6, 6.07) is 7.67. The summed E-state index contributed by atoms with van der Waals surface area (Å²) in [7, 11) is 0. The molecule has 74 valence electrons. The summed E-state index contributed by atoms with van der Waals surface area (Å²) < 4.78 is 0. The molecule has 0 saturated heterocycles. The normalized spacial score (nSPS) is 16.3. The number of carbonyl (C=O) groups is 1. The van der Waals surface area contributed by atoms with Crippen molar-refractivity contribution in [3.63, 3.8) is 0 Å². The first kappa shape index (κ1) is 9.25. The van der Waals surface area contributed by atoms with Crippen LogP contribution in [0.5, 0.6) is 0 Å². The first-order valence-electron chi connectivity index (χ1n) is 5.14. The zero-order valence-electron chi connectivity index (χ0n) is 8.20. The van der Waals surface area contributed by atoms with Crippen molar-refractivity contribution in [2.75, 3.05) is 0 Å². The maximum absolute atomic E-state index is 10.9. The topological polar surface area (TPSA) is 43.1 Å². The van der Waals surface area contributed by atoms with Crippen molar-refractivity contribution in [1.82, 2.24) is 0 Å². The van der Waals surface area contributed by atoms with E-state index in [0.29, 0.717) is 5.56 Å². The number of nitrogens with two attached hydrogens (primary N) is 1. The summed E-state index contributed by atoms with van der Waals surface area (Å²) >= 11 is 0. The van der Waals surface area contributed by atoms with E-state index in [1.807, 2.05) is 12.1 Å². The number of benzene rings is 1. The van der Waals surface area contributed by atoms with Gasteiger partial charge in [-0.15, -0.1) is 0 Å². The van der Waals surface area contributed by atoms with E-state index in [4.69, 9.17) is 5.73 Å². The Bertz CT molecular complexity index is 342. The summed E-state index contributed by atoms with van der Waals surface area (Å²) in [4.78, 5) is 10.9. The van der Waals surface area contributed by atoms with Crippen LogP contribution < -0.4 is 5.73 Å². The lowest BCUT2D eigenvalue weighted by Gasteiger charge is -2.25. The van der Waals surface area contributed by atoms with Crippen LogP contribution in [0.2, 0.25) is 0 Å². The SMILES string of the molecule is NC(=O)c1cccc(CC2CCC2)c1. The fourth-order valence-corrected chi connectivity index (χ4v) is 1.88. The van der Waals surface area contributed by atoms with Gasteiger partial charge in [-0.25, -0.2) is 0 Å². The molecule has 0 spiro atoms. The quantitative estimate of drug-likeness (QED) is 0.777. The van der Waals surface area contributed by atoms with Crippen LogP contribution in [0.15, 0.2) is 24.3 Å². The Balaban J connectivity index is 2.09. The Labute approximate surface area is 84.1 Å². The molecule has 0 aliphatic heterocycles. The smallest absolute Gasteiger partial charge is 0.248 e. The lowest BCUT2D eigenvalue weighted by molar-refractivity contribution is 0.1000. The summed E-state index contributed by atoms with van der Waals surface area (Å²) in [5, 5.41) is 0. The van der Waals surface area contributed by atoms with Crippen molar-refractivity contribution in [3.05, 3.63) is 35.4 Å². The van der Waals surface area contributed by atoms with Gasteiger partial charge in [0.2, 0.25) is 5.91 Å². The molecule has 0 heterocycles. The minimum absolute atomic E-state index is 0.333. The Morgan fingerprint density at radius 2 is 2.21 bits per heavy atom. The van der Waals surface area contributed by atoms with E-state index in [9.17, 15) is 4.79 Å². The minimum atomic E-state index is -0.333. The lowest BCUT2D eigenvalue weighted by atomic mass is 9.81. The first-order chi connectivity index (χ1) is 6.75. The molecule has 0 bridgehead atoms. The van der Waals surface area contributed by atoms with Gasteiger partial charge in [0, 0.05) is 5.56 Å². The van der Waals surface area contributed by atoms with E-state index < -0.39 is 0 Å². The molecule has 1 aliphatic rings. The standard InChI is InChI=1S/C12H15NO/c13-12(14)11-6-2-5-10(8-11)7-9-3-1-4-9/h2,5-6,8-9H,1,3-4,7H2,(H2,13,14). The monoisotopic (exact) mass is 189 g/mol. The van der Waals surface area contributed by atoms with Gasteiger partial charge in [0.25, 0.3) is 0 Å². The number of hydrogen-bond acceptors (Lipinski definition) is 1. The van der Waals surface area contributed by atoms with E-state index in [2.05, 4.69) is 6.07 Å². The molecule has 1 fully saturated rings. The number of amides is 1. The highest BCUT2D eigenvalue weighted by molar-refractivity contribution is 5.92. The maximum atomic E-state index is 10.9. The molecule has 14 heavy (non-hydrogen) atoms. The predicted octanol–water partition coefficient (Wildman–Crippen LogP) is 2.13. The van der Waals surface area contributed by atoms with Crippen molar-refractivity contribution in [2.24, 2.45) is 11.7 Å². The fourth-order valence-electron chi connectivity index (χ4n) is 1.88. The van der Waals surface area contributed by atoms with E-state index >= 15 is 0 Å². The molecule has 0 aromatic heterocycles. The number of carbonyl (C=O) groups excluding carboxylic acids is 1. The molecular weight excluding hydrogens is 174 g/mol. The highest BCUT2D eigenvalue weighted by atomic mass is 16.1. The third kappa shape index (κ3) is 1.95. The highest BCUT2D eigenvalue weighted by Crippen LogP contribution is 2.29. The van der Waals surface area contributed by atoms with Crippen LogP contribution in [-0.2, 0) is 6.42 Å². The van der Waals surface area contributed by atoms with Gasteiger partial charge in [-0.2, -0.15) is 0 Å². The molecule has 0 unspecified atom stereocenters. The van der Waals surface area contributed by atoms with Crippen LogP contribution in [0.4, 0.5) is 0 Å². The molecule has 1 aliphatic carbocycles. The van der Waals surface area contributed by atoms with Crippen LogP contribution in [0.3, 0.4) is 0 Å². The van der Waals surface area contributed by atoms with Gasteiger partial charge in [-0.05, 0) is 30.0 Å². The number of rotatable bonds is 3. The first-order valence-corrected chi connectivity index (χ1v) is 5.14. The Morgan fingerprint density at radius 3 is 2.79 bits per heavy atom. The third-order valence-electron chi connectivity index (χ3n) is 2.96. The predicted molar refractivity (Wildman–Crippen MR) is 56.0 cm³/mol. The van der Waals surface area contributed by atoms with Gasteiger partial charge in [0.1, 0.15) is 0 Å². The van der Waals surface area contributed by atoms with Crippen LogP contribution in [0.1, 0.15) is 35.2 Å². The second-order valence-corrected chi connectivity index (χ2v) is 4.07. The van der Waals surface area contributed by atoms with Gasteiger partial charge in [-0.1, -0.05) is 31.4 Å². The van der Waals surface area contributed by atoms with Crippen LogP contribution in [-0.4, -0.2) is 5.91 Å². The van der Waals surface area contributed by atoms with Crippen LogP contribution in [0, 0.1) is 5.92 Å². The van der Waals surface area contributed by atoms with Gasteiger partial charge < -0.3 is 5.73 Å². The summed E-state index contributed by atoms with van der Waals surface area (Å²) in [6.45, 7) is 0. The van der Waals surface area contributed by atoms with Gasteiger partial charge in [-0.3, -0.25) is 4.79 Å². The number of hydrogen-bond donors (Lipinski definition) is 1. The van der Waals surface area contributed by atoms with E-state index in [-0.39, 0.29) is 5.91 Å². The molecule has 1 aromatic rings. The van der Waals surface area contributed by atoms with Crippen molar-refractivity contribution in [1.29, 1.82) is 0 Å². The minimum Gasteiger partial charge on any atom is -0.366 e. The molecular formula is C12H15NO. The second kappa shape index (κ2) is 3.82. The van der Waals surface area contributed by atoms with Crippen molar-refractivity contribution in [2.45, 2.75) is 25.7 Å². The Kier molecular flexibility index (Phi) is 2.53. The fraction of sp³-hybridized carbons (Fsp3) is 0.417. The molecule has 1 aromatic carbocycles. The molecule has 2 nitrogen and oxygen atoms in total. The van der Waals surface area contributed by atoms with Gasteiger partial charge in [0.05, 0.1) is 0 Å². The highest BCUT2D eigenvalue weighted by Gasteiger charge is 2.17. The van der Waals surface area contributed by atoms with Crippen LogP contribution in [0.25, 0.3) is 0 Å². The third-order valence-corrected chi connectivity index (χ3v) is 2.96. The summed E-state index contributed by atoms with van der Waals surface area (Å²) in [5.41, 5.74) is 7.09. The Hall–Kier alpha value is -1.31. The molecule has 2 N–H and O–H groups in total. The Morgan fingerprint density at radius 1 is 1.43 bits per heavy atom.